The van der Waals surface area contributed by atoms with Gasteiger partial charge in [-0.25, -0.2) is 9.78 Å². The summed E-state index contributed by atoms with van der Waals surface area (Å²) in [4.78, 5) is 17.4. The molecular weight excluding hydrogens is 272 g/mol. The minimum absolute atomic E-state index is 0.325. The van der Waals surface area contributed by atoms with Gasteiger partial charge in [0.05, 0.1) is 12.8 Å². The van der Waals surface area contributed by atoms with Crippen LogP contribution in [0.25, 0.3) is 16.2 Å². The van der Waals surface area contributed by atoms with Crippen molar-refractivity contribution in [2.24, 2.45) is 0 Å². The average Bonchev–Trinajstić information content (AvgIpc) is 2.98. The lowest BCUT2D eigenvalue weighted by atomic mass is 10.0. The second-order valence-electron chi connectivity index (χ2n) is 4.72. The molecule has 2 heterocycles. The van der Waals surface area contributed by atoms with Gasteiger partial charge in [0, 0.05) is 18.0 Å². The topological polar surface area (TPSA) is 43.6 Å². The lowest BCUT2D eigenvalue weighted by Crippen LogP contribution is -1.97. The molecule has 0 saturated heterocycles. The van der Waals surface area contributed by atoms with Crippen LogP contribution in [0.3, 0.4) is 0 Å². The van der Waals surface area contributed by atoms with Gasteiger partial charge in [-0.3, -0.25) is 4.40 Å². The Morgan fingerprint density at radius 2 is 2.10 bits per heavy atom. The highest BCUT2D eigenvalue weighted by molar-refractivity contribution is 7.18. The molecule has 20 heavy (non-hydrogen) atoms. The number of hydrogen-bond donors (Lipinski definition) is 0. The smallest absolute Gasteiger partial charge is 0.349 e. The third-order valence-corrected chi connectivity index (χ3v) is 4.19. The van der Waals surface area contributed by atoms with Crippen LogP contribution in [0.5, 0.6) is 0 Å². The van der Waals surface area contributed by atoms with E-state index in [1.807, 2.05) is 10.6 Å². The molecule has 0 aliphatic heterocycles. The highest BCUT2D eigenvalue weighted by atomic mass is 32.1. The van der Waals surface area contributed by atoms with Gasteiger partial charge >= 0.3 is 5.97 Å². The van der Waals surface area contributed by atoms with E-state index in [4.69, 9.17) is 4.74 Å². The summed E-state index contributed by atoms with van der Waals surface area (Å²) < 4.78 is 6.58. The first kappa shape index (κ1) is 12.9. The molecule has 1 aromatic carbocycles. The number of ether oxygens (including phenoxy) is 1. The molecule has 4 nitrogen and oxygen atoms in total. The Hall–Kier alpha value is -2.14. The lowest BCUT2D eigenvalue weighted by molar-refractivity contribution is 0.0606. The molecule has 5 heteroatoms. The first-order valence-electron chi connectivity index (χ1n) is 6.23. The normalized spacial score (nSPS) is 10.9. The molecule has 0 N–H and O–H groups in total. The van der Waals surface area contributed by atoms with E-state index in [0.29, 0.717) is 4.88 Å². The van der Waals surface area contributed by atoms with Crippen molar-refractivity contribution in [3.63, 3.8) is 0 Å². The molecule has 0 radical (unpaired) electrons. The monoisotopic (exact) mass is 286 g/mol. The fraction of sp³-hybridized carbons (Fsp3) is 0.200. The maximum atomic E-state index is 11.5. The fourth-order valence-electron chi connectivity index (χ4n) is 2.13. The minimum Gasteiger partial charge on any atom is -0.465 e. The molecule has 0 fully saturated rings. The number of nitrogens with zero attached hydrogens (tertiary/aromatic N) is 2. The first-order valence-corrected chi connectivity index (χ1v) is 7.04. The second kappa shape index (κ2) is 4.76. The first-order chi connectivity index (χ1) is 9.58. The van der Waals surface area contributed by atoms with Gasteiger partial charge in [0.15, 0.2) is 4.96 Å². The summed E-state index contributed by atoms with van der Waals surface area (Å²) in [5.41, 5.74) is 4.45. The molecule has 3 rings (SSSR count). The van der Waals surface area contributed by atoms with Crippen LogP contribution in [0, 0.1) is 13.8 Å². The maximum Gasteiger partial charge on any atom is 0.349 e. The van der Waals surface area contributed by atoms with E-state index in [9.17, 15) is 4.79 Å². The van der Waals surface area contributed by atoms with Crippen molar-refractivity contribution >= 4 is 22.3 Å². The van der Waals surface area contributed by atoms with Gasteiger partial charge in [-0.1, -0.05) is 29.0 Å². The minimum atomic E-state index is -0.325. The molecule has 2 aromatic heterocycles. The van der Waals surface area contributed by atoms with Crippen molar-refractivity contribution in [2.75, 3.05) is 7.11 Å². The number of imidazole rings is 1. The Kier molecular flexibility index (Phi) is 3.06. The summed E-state index contributed by atoms with van der Waals surface area (Å²) in [5, 5.41) is 0. The Labute approximate surface area is 120 Å². The Morgan fingerprint density at radius 3 is 2.80 bits per heavy atom. The SMILES string of the molecule is COC(=O)c1cn2cc(-c3cc(C)ccc3C)nc2s1. The van der Waals surface area contributed by atoms with Crippen molar-refractivity contribution in [3.05, 3.63) is 46.6 Å². The molecule has 0 unspecified atom stereocenters. The van der Waals surface area contributed by atoms with Crippen LogP contribution >= 0.6 is 11.3 Å². The van der Waals surface area contributed by atoms with E-state index in [-0.39, 0.29) is 5.97 Å². The van der Waals surface area contributed by atoms with Gasteiger partial charge in [0.2, 0.25) is 0 Å². The summed E-state index contributed by atoms with van der Waals surface area (Å²) in [6.07, 6.45) is 3.70. The predicted molar refractivity (Wildman–Crippen MR) is 79.3 cm³/mol. The summed E-state index contributed by atoms with van der Waals surface area (Å²) in [7, 11) is 1.38. The molecule has 0 aliphatic rings. The number of methoxy groups -OCH3 is 1. The van der Waals surface area contributed by atoms with Gasteiger partial charge in [-0.2, -0.15) is 0 Å². The average molecular weight is 286 g/mol. The van der Waals surface area contributed by atoms with Gasteiger partial charge in [0.25, 0.3) is 0 Å². The third-order valence-electron chi connectivity index (χ3n) is 3.21. The predicted octanol–water partition coefficient (Wildman–Crippen LogP) is 3.47. The van der Waals surface area contributed by atoms with E-state index >= 15 is 0 Å². The molecule has 0 spiro atoms. The van der Waals surface area contributed by atoms with Crippen LogP contribution in [0.15, 0.2) is 30.6 Å². The fourth-order valence-corrected chi connectivity index (χ4v) is 3.02. The van der Waals surface area contributed by atoms with Crippen LogP contribution < -0.4 is 0 Å². The number of carbonyl (C=O) groups is 1. The molecule has 0 aliphatic carbocycles. The lowest BCUT2D eigenvalue weighted by Gasteiger charge is -2.03. The van der Waals surface area contributed by atoms with Crippen molar-refractivity contribution < 1.29 is 9.53 Å². The number of hydrogen-bond acceptors (Lipinski definition) is 4. The number of rotatable bonds is 2. The van der Waals surface area contributed by atoms with E-state index in [2.05, 4.69) is 37.0 Å². The molecule has 102 valence electrons. The highest BCUT2D eigenvalue weighted by Crippen LogP contribution is 2.27. The Balaban J connectivity index is 2.08. The van der Waals surface area contributed by atoms with E-state index in [1.54, 1.807) is 6.20 Å². The Bertz CT molecular complexity index is 770. The summed E-state index contributed by atoms with van der Waals surface area (Å²) >= 11 is 1.33. The van der Waals surface area contributed by atoms with Crippen molar-refractivity contribution in [2.45, 2.75) is 13.8 Å². The van der Waals surface area contributed by atoms with E-state index in [0.717, 1.165) is 16.2 Å². The summed E-state index contributed by atoms with van der Waals surface area (Å²) in [5.74, 6) is -0.325. The van der Waals surface area contributed by atoms with Crippen LogP contribution in [0.2, 0.25) is 0 Å². The number of fused-ring (bicyclic) bond motifs is 1. The van der Waals surface area contributed by atoms with Gasteiger partial charge in [-0.05, 0) is 25.5 Å². The number of aromatic nitrogens is 2. The number of thiazole rings is 1. The van der Waals surface area contributed by atoms with Crippen molar-refractivity contribution in [1.82, 2.24) is 9.38 Å². The third kappa shape index (κ3) is 2.10. The highest BCUT2D eigenvalue weighted by Gasteiger charge is 2.14. The Morgan fingerprint density at radius 1 is 1.30 bits per heavy atom. The van der Waals surface area contributed by atoms with Crippen LogP contribution in [0.1, 0.15) is 20.8 Å². The molecule has 0 amide bonds. The zero-order valence-corrected chi connectivity index (χ0v) is 12.3. The van der Waals surface area contributed by atoms with Crippen LogP contribution in [0.4, 0.5) is 0 Å². The second-order valence-corrected chi connectivity index (χ2v) is 5.73. The molecule has 0 atom stereocenters. The molecule has 0 saturated carbocycles. The van der Waals surface area contributed by atoms with E-state index in [1.165, 1.54) is 29.6 Å². The zero-order chi connectivity index (χ0) is 14.3. The zero-order valence-electron chi connectivity index (χ0n) is 11.5. The summed E-state index contributed by atoms with van der Waals surface area (Å²) in [6.45, 7) is 4.14. The van der Waals surface area contributed by atoms with Crippen LogP contribution in [-0.4, -0.2) is 22.5 Å². The number of aryl methyl sites for hydroxylation is 2. The maximum absolute atomic E-state index is 11.5. The number of esters is 1. The molecule has 0 bridgehead atoms. The van der Waals surface area contributed by atoms with Gasteiger partial charge in [0.1, 0.15) is 4.88 Å². The number of carbonyl (C=O) groups excluding carboxylic acids is 1. The van der Waals surface area contributed by atoms with Gasteiger partial charge < -0.3 is 4.74 Å². The standard InChI is InChI=1S/C15H14N2O2S/c1-9-4-5-10(2)11(6-9)12-7-17-8-13(14(18)19-3)20-15(17)16-12/h4-8H,1-3H3. The largest absolute Gasteiger partial charge is 0.465 e. The van der Waals surface area contributed by atoms with Crippen molar-refractivity contribution in [3.8, 4) is 11.3 Å². The van der Waals surface area contributed by atoms with E-state index < -0.39 is 0 Å². The summed E-state index contributed by atoms with van der Waals surface area (Å²) in [6, 6.07) is 6.31. The van der Waals surface area contributed by atoms with Crippen molar-refractivity contribution in [1.29, 1.82) is 0 Å². The van der Waals surface area contributed by atoms with Crippen LogP contribution in [-0.2, 0) is 4.74 Å². The molecule has 3 aromatic rings. The van der Waals surface area contributed by atoms with Gasteiger partial charge in [-0.15, -0.1) is 0 Å². The molecular formula is C15H14N2O2S. The quantitative estimate of drug-likeness (QED) is 0.678. The number of benzene rings is 1.